The quantitative estimate of drug-likeness (QED) is 0.674. The van der Waals surface area contributed by atoms with Crippen LogP contribution in [-0.2, 0) is 14.8 Å². The lowest BCUT2D eigenvalue weighted by atomic mass is 10.3. The lowest BCUT2D eigenvalue weighted by Crippen LogP contribution is -2.35. The highest BCUT2D eigenvalue weighted by atomic mass is 32.2. The van der Waals surface area contributed by atoms with Gasteiger partial charge in [0.1, 0.15) is 18.5 Å². The number of rotatable bonds is 6. The van der Waals surface area contributed by atoms with E-state index in [1.807, 2.05) is 0 Å². The lowest BCUT2D eigenvalue weighted by Gasteiger charge is -2.17. The van der Waals surface area contributed by atoms with Gasteiger partial charge < -0.3 is 5.32 Å². The van der Waals surface area contributed by atoms with Crippen molar-refractivity contribution < 1.29 is 17.6 Å². The van der Waals surface area contributed by atoms with Gasteiger partial charge in [0.15, 0.2) is 5.82 Å². The van der Waals surface area contributed by atoms with Crippen LogP contribution in [0.4, 0.5) is 10.1 Å². The largest absolute Gasteiger partial charge is 0.322 e. The number of sulfonamides is 1. The van der Waals surface area contributed by atoms with E-state index in [2.05, 4.69) is 20.4 Å². The first-order valence-electron chi connectivity index (χ1n) is 7.70. The van der Waals surface area contributed by atoms with E-state index in [-0.39, 0.29) is 4.90 Å². The van der Waals surface area contributed by atoms with Crippen molar-refractivity contribution in [2.45, 2.75) is 4.90 Å². The van der Waals surface area contributed by atoms with Crippen LogP contribution in [0.25, 0.3) is 5.82 Å². The zero-order valence-electron chi connectivity index (χ0n) is 14.2. The van der Waals surface area contributed by atoms with Gasteiger partial charge in [0.25, 0.3) is 0 Å². The zero-order valence-corrected chi connectivity index (χ0v) is 15.0. The molecule has 3 rings (SSSR count). The highest BCUT2D eigenvalue weighted by Crippen LogP contribution is 2.17. The molecule has 0 saturated heterocycles. The minimum atomic E-state index is -3.93. The third-order valence-corrected chi connectivity index (χ3v) is 5.40. The first kappa shape index (κ1) is 18.6. The summed E-state index contributed by atoms with van der Waals surface area (Å²) < 4.78 is 40.2. The Balaban J connectivity index is 1.74. The Morgan fingerprint density at radius 3 is 2.67 bits per heavy atom. The number of carbonyl (C=O) groups excluding carboxylic acids is 1. The molecule has 1 amide bonds. The van der Waals surface area contributed by atoms with E-state index < -0.39 is 28.3 Å². The number of hydrogen-bond acceptors (Lipinski definition) is 6. The number of pyridine rings is 1. The van der Waals surface area contributed by atoms with Crippen molar-refractivity contribution in [3.8, 4) is 5.82 Å². The Hall–Kier alpha value is -3.18. The second-order valence-electron chi connectivity index (χ2n) is 5.48. The van der Waals surface area contributed by atoms with Crippen molar-refractivity contribution >= 4 is 21.6 Å². The number of nitrogens with zero attached hydrogens (tertiary/aromatic N) is 5. The standard InChI is InChI=1S/C16H15FN6O3S/c1-22(27(25,26)13-6-4-12(17)5-7-13)9-15(24)21-14-3-2-8-19-16(14)23-11-18-10-20-23/h2-8,10-11H,9H2,1H3,(H,21,24). The number of nitrogens with one attached hydrogen (secondary N) is 1. The predicted molar refractivity (Wildman–Crippen MR) is 94.0 cm³/mol. The van der Waals surface area contributed by atoms with Crippen LogP contribution in [0, 0.1) is 5.82 Å². The van der Waals surface area contributed by atoms with Crippen LogP contribution in [-0.4, -0.2) is 52.0 Å². The van der Waals surface area contributed by atoms with Gasteiger partial charge in [-0.15, -0.1) is 0 Å². The second kappa shape index (κ2) is 7.60. The molecule has 0 atom stereocenters. The van der Waals surface area contributed by atoms with E-state index in [0.29, 0.717) is 11.5 Å². The summed E-state index contributed by atoms with van der Waals surface area (Å²) in [7, 11) is -2.67. The Labute approximate surface area is 154 Å². The number of likely N-dealkylation sites (N-methyl/N-ethyl adjacent to an activating group) is 1. The fourth-order valence-electron chi connectivity index (χ4n) is 2.26. The average molecular weight is 390 g/mol. The van der Waals surface area contributed by atoms with Crippen LogP contribution in [0.15, 0.2) is 60.1 Å². The van der Waals surface area contributed by atoms with Gasteiger partial charge in [-0.05, 0) is 36.4 Å². The maximum Gasteiger partial charge on any atom is 0.243 e. The molecule has 1 aromatic carbocycles. The van der Waals surface area contributed by atoms with E-state index in [1.54, 1.807) is 12.1 Å². The van der Waals surface area contributed by atoms with Gasteiger partial charge in [0, 0.05) is 13.2 Å². The number of anilines is 1. The molecule has 0 fully saturated rings. The molecule has 11 heteroatoms. The van der Waals surface area contributed by atoms with E-state index in [9.17, 15) is 17.6 Å². The van der Waals surface area contributed by atoms with Crippen LogP contribution in [0.1, 0.15) is 0 Å². The molecule has 9 nitrogen and oxygen atoms in total. The fraction of sp³-hybridized carbons (Fsp3) is 0.125. The van der Waals surface area contributed by atoms with Crippen molar-refractivity contribution in [2.24, 2.45) is 0 Å². The molecule has 1 N–H and O–H groups in total. The number of amides is 1. The highest BCUT2D eigenvalue weighted by molar-refractivity contribution is 7.89. The summed E-state index contributed by atoms with van der Waals surface area (Å²) in [4.78, 5) is 20.2. The minimum Gasteiger partial charge on any atom is -0.322 e. The molecular formula is C16H15FN6O3S. The maximum absolute atomic E-state index is 13.0. The molecule has 0 aliphatic rings. The summed E-state index contributed by atoms with van der Waals surface area (Å²) in [6, 6.07) is 7.60. The molecule has 0 saturated carbocycles. The number of hydrogen-bond donors (Lipinski definition) is 1. The fourth-order valence-corrected chi connectivity index (χ4v) is 3.39. The van der Waals surface area contributed by atoms with Crippen molar-refractivity contribution in [3.05, 3.63) is 61.1 Å². The van der Waals surface area contributed by atoms with Crippen molar-refractivity contribution in [1.82, 2.24) is 24.1 Å². The van der Waals surface area contributed by atoms with Gasteiger partial charge in [-0.2, -0.15) is 9.40 Å². The number of benzene rings is 1. The topological polar surface area (TPSA) is 110 Å². The van der Waals surface area contributed by atoms with E-state index in [0.717, 1.165) is 28.6 Å². The maximum atomic E-state index is 13.0. The van der Waals surface area contributed by atoms with Gasteiger partial charge in [0.2, 0.25) is 15.9 Å². The molecule has 3 aromatic rings. The van der Waals surface area contributed by atoms with Crippen LogP contribution >= 0.6 is 0 Å². The summed E-state index contributed by atoms with van der Waals surface area (Å²) in [6.45, 7) is -0.439. The number of halogens is 1. The second-order valence-corrected chi connectivity index (χ2v) is 7.52. The summed E-state index contributed by atoms with van der Waals surface area (Å²) in [5.41, 5.74) is 0.348. The molecule has 27 heavy (non-hydrogen) atoms. The Bertz CT molecular complexity index is 1040. The summed E-state index contributed by atoms with van der Waals surface area (Å²) in [6.07, 6.45) is 4.27. The van der Waals surface area contributed by atoms with Gasteiger partial charge in [-0.1, -0.05) is 0 Å². The van der Waals surface area contributed by atoms with E-state index in [1.165, 1.54) is 30.6 Å². The van der Waals surface area contributed by atoms with E-state index in [4.69, 9.17) is 0 Å². The van der Waals surface area contributed by atoms with Crippen LogP contribution in [0.5, 0.6) is 0 Å². The molecule has 0 unspecified atom stereocenters. The molecule has 0 radical (unpaired) electrons. The molecule has 140 valence electrons. The smallest absolute Gasteiger partial charge is 0.243 e. The SMILES string of the molecule is CN(CC(=O)Nc1cccnc1-n1cncn1)S(=O)(=O)c1ccc(F)cc1. The normalized spacial score (nSPS) is 11.5. The van der Waals surface area contributed by atoms with Crippen molar-refractivity contribution in [3.63, 3.8) is 0 Å². The third-order valence-electron chi connectivity index (χ3n) is 3.58. The van der Waals surface area contributed by atoms with Gasteiger partial charge >= 0.3 is 0 Å². The lowest BCUT2D eigenvalue weighted by molar-refractivity contribution is -0.116. The summed E-state index contributed by atoms with van der Waals surface area (Å²) in [5, 5.41) is 6.56. The number of aromatic nitrogens is 4. The molecule has 0 bridgehead atoms. The summed E-state index contributed by atoms with van der Waals surface area (Å²) in [5.74, 6) is -0.781. The van der Waals surface area contributed by atoms with Crippen LogP contribution < -0.4 is 5.32 Å². The minimum absolute atomic E-state index is 0.108. The first-order valence-corrected chi connectivity index (χ1v) is 9.14. The molecule has 0 spiro atoms. The van der Waals surface area contributed by atoms with Gasteiger partial charge in [-0.3, -0.25) is 4.79 Å². The Morgan fingerprint density at radius 1 is 1.26 bits per heavy atom. The van der Waals surface area contributed by atoms with Gasteiger partial charge in [0.05, 0.1) is 17.1 Å². The monoisotopic (exact) mass is 390 g/mol. The van der Waals surface area contributed by atoms with Crippen molar-refractivity contribution in [2.75, 3.05) is 18.9 Å². The molecule has 2 aromatic heterocycles. The van der Waals surface area contributed by atoms with Crippen LogP contribution in [0.3, 0.4) is 0 Å². The third kappa shape index (κ3) is 4.15. The zero-order chi connectivity index (χ0) is 19.4. The van der Waals surface area contributed by atoms with Crippen LogP contribution in [0.2, 0.25) is 0 Å². The highest BCUT2D eigenvalue weighted by Gasteiger charge is 2.23. The van der Waals surface area contributed by atoms with Crippen molar-refractivity contribution in [1.29, 1.82) is 0 Å². The molecular weight excluding hydrogens is 375 g/mol. The Kier molecular flexibility index (Phi) is 5.23. The van der Waals surface area contributed by atoms with E-state index >= 15 is 0 Å². The predicted octanol–water partition coefficient (Wildman–Crippen LogP) is 1.06. The number of carbonyl (C=O) groups is 1. The molecule has 0 aliphatic carbocycles. The average Bonchev–Trinajstić information content (AvgIpc) is 3.17. The molecule has 2 heterocycles. The summed E-state index contributed by atoms with van der Waals surface area (Å²) >= 11 is 0. The molecule has 0 aliphatic heterocycles. The first-order chi connectivity index (χ1) is 12.9. The Morgan fingerprint density at radius 2 is 2.00 bits per heavy atom. The van der Waals surface area contributed by atoms with Gasteiger partial charge in [-0.25, -0.2) is 27.5 Å².